The van der Waals surface area contributed by atoms with E-state index < -0.39 is 0 Å². The standard InChI is InChI=1S/C16H18ClFN2/c1-2-20-14(9-12-5-4-8-19-11-12)10-13-6-3-7-15(18)16(13)17/h3-8,11,14,20H,2,9-10H2,1H3. The highest BCUT2D eigenvalue weighted by molar-refractivity contribution is 6.31. The topological polar surface area (TPSA) is 24.9 Å². The molecule has 0 saturated heterocycles. The van der Waals surface area contributed by atoms with Crippen molar-refractivity contribution in [2.75, 3.05) is 6.54 Å². The lowest BCUT2D eigenvalue weighted by atomic mass is 9.99. The number of nitrogens with zero attached hydrogens (tertiary/aromatic N) is 1. The second-order valence-electron chi connectivity index (χ2n) is 4.74. The maximum atomic E-state index is 13.5. The van der Waals surface area contributed by atoms with Gasteiger partial charge in [0.2, 0.25) is 0 Å². The maximum Gasteiger partial charge on any atom is 0.142 e. The molecule has 1 N–H and O–H groups in total. The van der Waals surface area contributed by atoms with Crippen molar-refractivity contribution in [3.8, 4) is 0 Å². The molecule has 20 heavy (non-hydrogen) atoms. The predicted octanol–water partition coefficient (Wildman–Crippen LogP) is 3.64. The minimum Gasteiger partial charge on any atom is -0.314 e. The molecule has 0 radical (unpaired) electrons. The van der Waals surface area contributed by atoms with E-state index >= 15 is 0 Å². The Morgan fingerprint density at radius 3 is 2.80 bits per heavy atom. The minimum atomic E-state index is -0.360. The lowest BCUT2D eigenvalue weighted by Gasteiger charge is -2.18. The third-order valence-electron chi connectivity index (χ3n) is 3.20. The van der Waals surface area contributed by atoms with Crippen molar-refractivity contribution in [3.63, 3.8) is 0 Å². The van der Waals surface area contributed by atoms with E-state index in [-0.39, 0.29) is 16.9 Å². The lowest BCUT2D eigenvalue weighted by Crippen LogP contribution is -2.33. The number of nitrogens with one attached hydrogen (secondary N) is 1. The molecule has 2 nitrogen and oxygen atoms in total. The molecule has 1 atom stereocenters. The maximum absolute atomic E-state index is 13.5. The van der Waals surface area contributed by atoms with Gasteiger partial charge in [0.15, 0.2) is 0 Å². The summed E-state index contributed by atoms with van der Waals surface area (Å²) in [5.74, 6) is -0.360. The Kier molecular flexibility index (Phi) is 5.50. The SMILES string of the molecule is CCNC(Cc1cccnc1)Cc1cccc(F)c1Cl. The molecule has 0 saturated carbocycles. The van der Waals surface area contributed by atoms with Crippen LogP contribution < -0.4 is 5.32 Å². The van der Waals surface area contributed by atoms with Gasteiger partial charge in [0.1, 0.15) is 5.82 Å². The van der Waals surface area contributed by atoms with Crippen molar-refractivity contribution in [2.24, 2.45) is 0 Å². The van der Waals surface area contributed by atoms with Gasteiger partial charge in [-0.25, -0.2) is 4.39 Å². The van der Waals surface area contributed by atoms with Gasteiger partial charge in [-0.1, -0.05) is 36.7 Å². The van der Waals surface area contributed by atoms with Crippen LogP contribution in [0.3, 0.4) is 0 Å². The van der Waals surface area contributed by atoms with Crippen LogP contribution in [-0.2, 0) is 12.8 Å². The number of halogens is 2. The van der Waals surface area contributed by atoms with Crippen molar-refractivity contribution in [1.29, 1.82) is 0 Å². The Morgan fingerprint density at radius 1 is 1.25 bits per heavy atom. The monoisotopic (exact) mass is 292 g/mol. The Bertz CT molecular complexity index is 545. The minimum absolute atomic E-state index is 0.212. The summed E-state index contributed by atoms with van der Waals surface area (Å²) in [6, 6.07) is 9.14. The molecule has 0 spiro atoms. The molecule has 0 fully saturated rings. The molecule has 1 aromatic carbocycles. The molecule has 1 unspecified atom stereocenters. The van der Waals surface area contributed by atoms with Gasteiger partial charge in [0.25, 0.3) is 0 Å². The number of rotatable bonds is 6. The van der Waals surface area contributed by atoms with E-state index in [1.54, 1.807) is 12.3 Å². The first-order chi connectivity index (χ1) is 9.70. The third-order valence-corrected chi connectivity index (χ3v) is 3.62. The van der Waals surface area contributed by atoms with E-state index in [2.05, 4.69) is 17.2 Å². The fraction of sp³-hybridized carbons (Fsp3) is 0.312. The van der Waals surface area contributed by atoms with Gasteiger partial charge in [0.05, 0.1) is 5.02 Å². The summed E-state index contributed by atoms with van der Waals surface area (Å²) in [4.78, 5) is 4.12. The van der Waals surface area contributed by atoms with E-state index in [9.17, 15) is 4.39 Å². The van der Waals surface area contributed by atoms with Crippen molar-refractivity contribution in [1.82, 2.24) is 10.3 Å². The number of hydrogen-bond acceptors (Lipinski definition) is 2. The summed E-state index contributed by atoms with van der Waals surface area (Å²) in [5, 5.41) is 3.64. The van der Waals surface area contributed by atoms with Gasteiger partial charge < -0.3 is 5.32 Å². The summed E-state index contributed by atoms with van der Waals surface area (Å²) in [6.07, 6.45) is 5.15. The third kappa shape index (κ3) is 4.02. The smallest absolute Gasteiger partial charge is 0.142 e. The zero-order valence-electron chi connectivity index (χ0n) is 11.4. The summed E-state index contributed by atoms with van der Waals surface area (Å²) in [6.45, 7) is 2.92. The van der Waals surface area contributed by atoms with Crippen LogP contribution >= 0.6 is 11.6 Å². The molecule has 0 bridgehead atoms. The van der Waals surface area contributed by atoms with Gasteiger partial charge in [-0.3, -0.25) is 4.98 Å². The van der Waals surface area contributed by atoms with Gasteiger partial charge in [-0.05, 0) is 42.6 Å². The Balaban J connectivity index is 2.11. The molecule has 0 amide bonds. The van der Waals surface area contributed by atoms with E-state index in [4.69, 9.17) is 11.6 Å². The molecule has 4 heteroatoms. The second-order valence-corrected chi connectivity index (χ2v) is 5.12. The first-order valence-electron chi connectivity index (χ1n) is 6.76. The molecule has 2 aromatic rings. The lowest BCUT2D eigenvalue weighted by molar-refractivity contribution is 0.519. The summed E-state index contributed by atoms with van der Waals surface area (Å²) < 4.78 is 13.5. The molecule has 106 valence electrons. The molecule has 0 aliphatic carbocycles. The highest BCUT2D eigenvalue weighted by atomic mass is 35.5. The second kappa shape index (κ2) is 7.36. The first-order valence-corrected chi connectivity index (χ1v) is 7.13. The molecule has 1 heterocycles. The molecule has 2 rings (SSSR count). The van der Waals surface area contributed by atoms with E-state index in [0.29, 0.717) is 6.42 Å². The van der Waals surface area contributed by atoms with Crippen molar-refractivity contribution < 1.29 is 4.39 Å². The van der Waals surface area contributed by atoms with E-state index in [1.165, 1.54) is 6.07 Å². The number of likely N-dealkylation sites (N-methyl/N-ethyl adjacent to an activating group) is 1. The summed E-state index contributed by atoms with van der Waals surface area (Å²) in [7, 11) is 0. The van der Waals surface area contributed by atoms with Gasteiger partial charge in [-0.15, -0.1) is 0 Å². The van der Waals surface area contributed by atoms with Crippen LogP contribution in [0, 0.1) is 5.82 Å². The summed E-state index contributed by atoms with van der Waals surface area (Å²) in [5.41, 5.74) is 1.99. The van der Waals surface area contributed by atoms with Crippen LogP contribution in [-0.4, -0.2) is 17.6 Å². The van der Waals surface area contributed by atoms with Gasteiger partial charge in [-0.2, -0.15) is 0 Å². The fourth-order valence-electron chi connectivity index (χ4n) is 2.28. The molecule has 0 aliphatic heterocycles. The molecule has 1 aromatic heterocycles. The van der Waals surface area contributed by atoms with Crippen LogP contribution in [0.1, 0.15) is 18.1 Å². The first kappa shape index (κ1) is 14.9. The van der Waals surface area contributed by atoms with Gasteiger partial charge in [0, 0.05) is 18.4 Å². The quantitative estimate of drug-likeness (QED) is 0.879. The summed E-state index contributed by atoms with van der Waals surface area (Å²) >= 11 is 6.03. The predicted molar refractivity (Wildman–Crippen MR) is 80.5 cm³/mol. The molecular weight excluding hydrogens is 275 g/mol. The van der Waals surface area contributed by atoms with Crippen LogP contribution in [0.5, 0.6) is 0 Å². The number of hydrogen-bond donors (Lipinski definition) is 1. The average Bonchev–Trinajstić information content (AvgIpc) is 2.45. The number of benzene rings is 1. The highest BCUT2D eigenvalue weighted by Gasteiger charge is 2.13. The zero-order chi connectivity index (χ0) is 14.4. The van der Waals surface area contributed by atoms with Crippen molar-refractivity contribution >= 4 is 11.6 Å². The zero-order valence-corrected chi connectivity index (χ0v) is 12.2. The van der Waals surface area contributed by atoms with Gasteiger partial charge >= 0.3 is 0 Å². The van der Waals surface area contributed by atoms with E-state index in [0.717, 1.165) is 24.1 Å². The van der Waals surface area contributed by atoms with Crippen molar-refractivity contribution in [3.05, 3.63) is 64.7 Å². The molecular formula is C16H18ClFN2. The Labute approximate surface area is 124 Å². The molecule has 0 aliphatic rings. The highest BCUT2D eigenvalue weighted by Crippen LogP contribution is 2.21. The number of aromatic nitrogens is 1. The largest absolute Gasteiger partial charge is 0.314 e. The fourth-order valence-corrected chi connectivity index (χ4v) is 2.48. The van der Waals surface area contributed by atoms with Crippen LogP contribution in [0.4, 0.5) is 4.39 Å². The van der Waals surface area contributed by atoms with Crippen molar-refractivity contribution in [2.45, 2.75) is 25.8 Å². The Hall–Kier alpha value is -1.45. The average molecular weight is 293 g/mol. The van der Waals surface area contributed by atoms with E-state index in [1.807, 2.05) is 24.4 Å². The number of pyridine rings is 1. The Morgan fingerprint density at radius 2 is 2.10 bits per heavy atom. The van der Waals surface area contributed by atoms with Crippen LogP contribution in [0.2, 0.25) is 5.02 Å². The normalized spacial score (nSPS) is 12.3. The van der Waals surface area contributed by atoms with Crippen LogP contribution in [0.25, 0.3) is 0 Å². The van der Waals surface area contributed by atoms with Crippen LogP contribution in [0.15, 0.2) is 42.7 Å².